The zero-order chi connectivity index (χ0) is 15.4. The third kappa shape index (κ3) is 3.92. The summed E-state index contributed by atoms with van der Waals surface area (Å²) in [7, 11) is 0. The molecule has 0 bridgehead atoms. The lowest BCUT2D eigenvalue weighted by molar-refractivity contribution is -0.668. The monoisotopic (exact) mass is 289 g/mol. The van der Waals surface area contributed by atoms with E-state index in [4.69, 9.17) is 4.42 Å². The predicted octanol–water partition coefficient (Wildman–Crippen LogP) is 0.609. The van der Waals surface area contributed by atoms with Gasteiger partial charge >= 0.3 is 5.63 Å². The van der Waals surface area contributed by atoms with Crippen LogP contribution in [0.15, 0.2) is 27.4 Å². The van der Waals surface area contributed by atoms with Crippen LogP contribution in [-0.2, 0) is 11.3 Å². The number of hydrogen-bond acceptors (Lipinski definition) is 3. The molecule has 0 radical (unpaired) electrons. The molecule has 0 atom stereocenters. The van der Waals surface area contributed by atoms with E-state index in [2.05, 4.69) is 16.7 Å². The maximum Gasteiger partial charge on any atom is 0.336 e. The fourth-order valence-electron chi connectivity index (χ4n) is 2.26. The smallest absolute Gasteiger partial charge is 0.336 e. The number of carbonyl (C=O) groups excluding carboxylic acids is 1. The lowest BCUT2D eigenvalue weighted by Gasteiger charge is -2.08. The Bertz CT molecular complexity index is 719. The Morgan fingerprint density at radius 3 is 2.67 bits per heavy atom. The van der Waals surface area contributed by atoms with Crippen molar-refractivity contribution in [2.75, 3.05) is 13.1 Å². The molecule has 5 nitrogen and oxygen atoms in total. The maximum absolute atomic E-state index is 11.6. The summed E-state index contributed by atoms with van der Waals surface area (Å²) < 4.78 is 5.27. The molecule has 1 aromatic carbocycles. The fourth-order valence-corrected chi connectivity index (χ4v) is 2.26. The lowest BCUT2D eigenvalue weighted by atomic mass is 10.0. The van der Waals surface area contributed by atoms with E-state index in [1.54, 1.807) is 6.07 Å². The molecule has 1 heterocycles. The third-order valence-corrected chi connectivity index (χ3v) is 3.53. The van der Waals surface area contributed by atoms with Crippen molar-refractivity contribution in [1.29, 1.82) is 0 Å². The van der Waals surface area contributed by atoms with Crippen LogP contribution in [0.2, 0.25) is 0 Å². The van der Waals surface area contributed by atoms with Crippen LogP contribution in [0, 0.1) is 13.8 Å². The summed E-state index contributed by atoms with van der Waals surface area (Å²) in [6.45, 7) is 7.62. The van der Waals surface area contributed by atoms with Crippen molar-refractivity contribution in [3.05, 3.63) is 45.3 Å². The van der Waals surface area contributed by atoms with Gasteiger partial charge in [0.2, 0.25) is 5.91 Å². The van der Waals surface area contributed by atoms with E-state index in [9.17, 15) is 9.59 Å². The first-order valence-corrected chi connectivity index (χ1v) is 7.07. The van der Waals surface area contributed by atoms with E-state index < -0.39 is 0 Å². The summed E-state index contributed by atoms with van der Waals surface area (Å²) in [4.78, 5) is 22.4. The van der Waals surface area contributed by atoms with E-state index in [1.807, 2.05) is 19.9 Å². The van der Waals surface area contributed by atoms with Crippen molar-refractivity contribution in [2.45, 2.75) is 27.3 Å². The molecule has 0 aliphatic heterocycles. The predicted molar refractivity (Wildman–Crippen MR) is 81.1 cm³/mol. The Hall–Kier alpha value is -2.14. The minimum absolute atomic E-state index is 0.0275. The zero-order valence-corrected chi connectivity index (χ0v) is 12.7. The quantitative estimate of drug-likeness (QED) is 0.625. The molecule has 0 unspecified atom stereocenters. The second kappa shape index (κ2) is 6.54. The molecular weight excluding hydrogens is 268 g/mol. The standard InChI is InChI=1S/C16H20N2O3/c1-10-6-14-13(9-17-4-5-18-12(3)19)8-16(20)21-15(14)7-11(10)2/h6-8,17H,4-5,9H2,1-3H3,(H,18,19)/p+1. The molecule has 0 saturated heterocycles. The molecule has 0 aliphatic rings. The number of benzene rings is 1. The molecule has 0 saturated carbocycles. The van der Waals surface area contributed by atoms with Crippen LogP contribution in [0.1, 0.15) is 23.6 Å². The lowest BCUT2D eigenvalue weighted by Crippen LogP contribution is -2.84. The van der Waals surface area contributed by atoms with Crippen LogP contribution in [0.25, 0.3) is 11.0 Å². The number of carbonyl (C=O) groups is 1. The number of hydrogen-bond donors (Lipinski definition) is 2. The van der Waals surface area contributed by atoms with E-state index in [-0.39, 0.29) is 11.5 Å². The van der Waals surface area contributed by atoms with E-state index in [0.29, 0.717) is 18.7 Å². The van der Waals surface area contributed by atoms with Crippen LogP contribution in [0.5, 0.6) is 0 Å². The average Bonchev–Trinajstić information content (AvgIpc) is 2.40. The first-order chi connectivity index (χ1) is 9.97. The molecule has 1 amide bonds. The Labute approximate surface area is 123 Å². The topological polar surface area (TPSA) is 75.9 Å². The SMILES string of the molecule is CC(=O)NCC[NH2+]Cc1cc(=O)oc2cc(C)c(C)cc12. The van der Waals surface area contributed by atoms with Gasteiger partial charge in [-0.05, 0) is 37.1 Å². The second-order valence-electron chi connectivity index (χ2n) is 5.29. The number of rotatable bonds is 5. The molecule has 2 rings (SSSR count). The Kier molecular flexibility index (Phi) is 4.75. The fraction of sp³-hybridized carbons (Fsp3) is 0.375. The van der Waals surface area contributed by atoms with Gasteiger partial charge in [-0.3, -0.25) is 4.79 Å². The molecule has 1 aromatic heterocycles. The highest BCUT2D eigenvalue weighted by molar-refractivity contribution is 5.81. The largest absolute Gasteiger partial charge is 0.423 e. The van der Waals surface area contributed by atoms with Gasteiger partial charge in [-0.15, -0.1) is 0 Å². The van der Waals surface area contributed by atoms with Gasteiger partial charge in [-0.2, -0.15) is 0 Å². The maximum atomic E-state index is 11.6. The van der Waals surface area contributed by atoms with Crippen LogP contribution < -0.4 is 16.3 Å². The van der Waals surface area contributed by atoms with Gasteiger partial charge in [0.25, 0.3) is 0 Å². The number of nitrogens with one attached hydrogen (secondary N) is 1. The van der Waals surface area contributed by atoms with Crippen LogP contribution >= 0.6 is 0 Å². The van der Waals surface area contributed by atoms with Gasteiger partial charge in [0.05, 0.1) is 13.1 Å². The Balaban J connectivity index is 2.17. The first-order valence-electron chi connectivity index (χ1n) is 7.07. The normalized spacial score (nSPS) is 10.8. The summed E-state index contributed by atoms with van der Waals surface area (Å²) >= 11 is 0. The molecule has 5 heteroatoms. The Morgan fingerprint density at radius 2 is 1.95 bits per heavy atom. The number of aryl methyl sites for hydroxylation is 2. The van der Waals surface area contributed by atoms with Gasteiger partial charge in [-0.1, -0.05) is 0 Å². The third-order valence-electron chi connectivity index (χ3n) is 3.53. The summed E-state index contributed by atoms with van der Waals surface area (Å²) in [5.74, 6) is -0.0275. The molecule has 3 N–H and O–H groups in total. The average molecular weight is 289 g/mol. The number of nitrogens with two attached hydrogens (primary N) is 1. The van der Waals surface area contributed by atoms with E-state index in [0.717, 1.165) is 23.1 Å². The molecule has 112 valence electrons. The molecule has 0 aliphatic carbocycles. The van der Waals surface area contributed by atoms with Gasteiger partial charge in [0.15, 0.2) is 0 Å². The van der Waals surface area contributed by atoms with Crippen LogP contribution in [-0.4, -0.2) is 19.0 Å². The number of fused-ring (bicyclic) bond motifs is 1. The minimum Gasteiger partial charge on any atom is -0.423 e. The van der Waals surface area contributed by atoms with E-state index in [1.165, 1.54) is 12.5 Å². The van der Waals surface area contributed by atoms with Crippen molar-refractivity contribution in [1.82, 2.24) is 5.32 Å². The first kappa shape index (κ1) is 15.3. The minimum atomic E-state index is -0.323. The van der Waals surface area contributed by atoms with Crippen molar-refractivity contribution >= 4 is 16.9 Å². The van der Waals surface area contributed by atoms with Crippen molar-refractivity contribution < 1.29 is 14.5 Å². The van der Waals surface area contributed by atoms with Gasteiger partial charge in [-0.25, -0.2) is 4.79 Å². The summed E-state index contributed by atoms with van der Waals surface area (Å²) in [6, 6.07) is 5.52. The van der Waals surface area contributed by atoms with Crippen LogP contribution in [0.3, 0.4) is 0 Å². The number of amides is 1. The van der Waals surface area contributed by atoms with E-state index >= 15 is 0 Å². The van der Waals surface area contributed by atoms with Crippen molar-refractivity contribution in [3.8, 4) is 0 Å². The number of quaternary nitrogens is 1. The molecule has 21 heavy (non-hydrogen) atoms. The van der Waals surface area contributed by atoms with Gasteiger partial charge < -0.3 is 15.1 Å². The highest BCUT2D eigenvalue weighted by atomic mass is 16.4. The highest BCUT2D eigenvalue weighted by Gasteiger charge is 2.09. The Morgan fingerprint density at radius 1 is 1.24 bits per heavy atom. The molecule has 0 spiro atoms. The second-order valence-corrected chi connectivity index (χ2v) is 5.29. The summed E-state index contributed by atoms with van der Waals surface area (Å²) in [5.41, 5.74) is 3.56. The summed E-state index contributed by atoms with van der Waals surface area (Å²) in [5, 5.41) is 5.80. The molecular formula is C16H21N2O3+. The van der Waals surface area contributed by atoms with Crippen molar-refractivity contribution in [3.63, 3.8) is 0 Å². The zero-order valence-electron chi connectivity index (χ0n) is 12.7. The summed E-state index contributed by atoms with van der Waals surface area (Å²) in [6.07, 6.45) is 0. The van der Waals surface area contributed by atoms with Gasteiger partial charge in [0.1, 0.15) is 12.1 Å². The van der Waals surface area contributed by atoms with Gasteiger partial charge in [0, 0.05) is 23.9 Å². The molecule has 0 fully saturated rings. The van der Waals surface area contributed by atoms with Crippen molar-refractivity contribution in [2.24, 2.45) is 0 Å². The van der Waals surface area contributed by atoms with Crippen LogP contribution in [0.4, 0.5) is 0 Å². The highest BCUT2D eigenvalue weighted by Crippen LogP contribution is 2.20. The molecule has 2 aromatic rings.